The number of methoxy groups -OCH3 is 1. The van der Waals surface area contributed by atoms with E-state index in [1.807, 2.05) is 76.6 Å². The molecule has 1 unspecified atom stereocenters. The van der Waals surface area contributed by atoms with Crippen molar-refractivity contribution < 1.29 is 24.2 Å². The Morgan fingerprint density at radius 1 is 1.03 bits per heavy atom. The Morgan fingerprint density at radius 2 is 1.69 bits per heavy atom. The van der Waals surface area contributed by atoms with Crippen LogP contribution in [0.15, 0.2) is 84.4 Å². The molecule has 196 valence electrons. The van der Waals surface area contributed by atoms with Crippen LogP contribution in [0.4, 0.5) is 4.79 Å². The van der Waals surface area contributed by atoms with Gasteiger partial charge in [-0.1, -0.05) is 48.5 Å². The minimum absolute atomic E-state index is 0.0266. The van der Waals surface area contributed by atoms with Crippen molar-refractivity contribution in [3.8, 4) is 28.1 Å². The van der Waals surface area contributed by atoms with Crippen LogP contribution >= 0.6 is 11.3 Å². The first-order valence-electron chi connectivity index (χ1n) is 12.5. The number of carboxylic acids is 1. The van der Waals surface area contributed by atoms with Gasteiger partial charge in [0.1, 0.15) is 18.4 Å². The highest BCUT2D eigenvalue weighted by Gasteiger charge is 2.30. The summed E-state index contributed by atoms with van der Waals surface area (Å²) in [5.74, 6) is -0.565. The number of imidazole rings is 1. The molecule has 0 bridgehead atoms. The molecule has 3 aromatic carbocycles. The van der Waals surface area contributed by atoms with Gasteiger partial charge in [-0.3, -0.25) is 4.40 Å². The van der Waals surface area contributed by atoms with E-state index in [2.05, 4.69) is 17.4 Å². The van der Waals surface area contributed by atoms with Crippen LogP contribution < -0.4 is 10.1 Å². The number of carbonyl (C=O) groups excluding carboxylic acids is 1. The molecule has 2 aromatic heterocycles. The maximum atomic E-state index is 12.9. The maximum absolute atomic E-state index is 12.9. The van der Waals surface area contributed by atoms with E-state index in [4.69, 9.17) is 14.5 Å². The number of amides is 1. The van der Waals surface area contributed by atoms with Gasteiger partial charge in [-0.2, -0.15) is 0 Å². The number of carbonyl (C=O) groups is 2. The summed E-state index contributed by atoms with van der Waals surface area (Å²) in [5.41, 5.74) is 6.59. The standard InChI is InChI=1S/C30H25N3O5S/c1-37-19-12-10-18(11-13-19)27-26(33-14-15-39-29(33)32-27)16-25(28(34)35)31-30(36)38-17-24-22-8-4-2-6-20(22)21-7-3-5-9-23(21)24/h2-15,24-25H,16-17H2,1H3,(H,31,36)(H,34,35). The smallest absolute Gasteiger partial charge is 0.407 e. The molecule has 1 aliphatic carbocycles. The minimum Gasteiger partial charge on any atom is -0.497 e. The second-order valence-electron chi connectivity index (χ2n) is 9.26. The number of ether oxygens (including phenoxy) is 2. The van der Waals surface area contributed by atoms with Gasteiger partial charge in [0.25, 0.3) is 0 Å². The molecular formula is C30H25N3O5S. The molecule has 0 radical (unpaired) electrons. The fourth-order valence-corrected chi connectivity index (χ4v) is 5.92. The highest BCUT2D eigenvalue weighted by Crippen LogP contribution is 2.44. The van der Waals surface area contributed by atoms with Crippen molar-refractivity contribution in [2.45, 2.75) is 18.4 Å². The third kappa shape index (κ3) is 4.61. The lowest BCUT2D eigenvalue weighted by atomic mass is 9.98. The van der Waals surface area contributed by atoms with Crippen molar-refractivity contribution >= 4 is 28.4 Å². The van der Waals surface area contributed by atoms with Crippen LogP contribution in [0.25, 0.3) is 27.3 Å². The van der Waals surface area contributed by atoms with Gasteiger partial charge in [-0.05, 0) is 46.5 Å². The summed E-state index contributed by atoms with van der Waals surface area (Å²) in [6.07, 6.45) is 1.10. The zero-order chi connectivity index (χ0) is 26.9. The Morgan fingerprint density at radius 3 is 2.33 bits per heavy atom. The molecule has 0 saturated heterocycles. The first-order chi connectivity index (χ1) is 19.0. The number of nitrogens with one attached hydrogen (secondary N) is 1. The van der Waals surface area contributed by atoms with Crippen LogP contribution in [0.1, 0.15) is 22.7 Å². The Bertz CT molecular complexity index is 1630. The van der Waals surface area contributed by atoms with E-state index in [1.165, 1.54) is 11.3 Å². The molecule has 8 nitrogen and oxygen atoms in total. The number of hydrogen-bond donors (Lipinski definition) is 2. The van der Waals surface area contributed by atoms with E-state index in [-0.39, 0.29) is 18.9 Å². The maximum Gasteiger partial charge on any atom is 0.407 e. The fraction of sp³-hybridized carbons (Fsp3) is 0.167. The zero-order valence-electron chi connectivity index (χ0n) is 21.0. The van der Waals surface area contributed by atoms with Crippen LogP contribution in [0.5, 0.6) is 5.75 Å². The average Bonchev–Trinajstić information content (AvgIpc) is 3.64. The minimum atomic E-state index is -1.21. The third-order valence-electron chi connectivity index (χ3n) is 7.06. The summed E-state index contributed by atoms with van der Waals surface area (Å²) < 4.78 is 12.7. The van der Waals surface area contributed by atoms with Crippen molar-refractivity contribution in [2.75, 3.05) is 13.7 Å². The number of fused-ring (bicyclic) bond motifs is 4. The quantitative estimate of drug-likeness (QED) is 0.266. The van der Waals surface area contributed by atoms with Crippen LogP contribution in [0, 0.1) is 0 Å². The summed E-state index contributed by atoms with van der Waals surface area (Å²) >= 11 is 1.45. The molecule has 6 rings (SSSR count). The van der Waals surface area contributed by atoms with Gasteiger partial charge >= 0.3 is 12.1 Å². The van der Waals surface area contributed by atoms with Crippen LogP contribution in [0.3, 0.4) is 0 Å². The number of alkyl carbamates (subject to hydrolysis) is 1. The first-order valence-corrected chi connectivity index (χ1v) is 13.3. The highest BCUT2D eigenvalue weighted by molar-refractivity contribution is 7.15. The van der Waals surface area contributed by atoms with E-state index in [0.717, 1.165) is 32.8 Å². The number of carboxylic acid groups (broad SMARTS) is 1. The number of thiazole rings is 1. The third-order valence-corrected chi connectivity index (χ3v) is 7.81. The largest absolute Gasteiger partial charge is 0.497 e. The summed E-state index contributed by atoms with van der Waals surface area (Å²) in [5, 5.41) is 14.4. The SMILES string of the molecule is COc1ccc(-c2nc3sccn3c2CC(NC(=O)OCC2c3ccccc3-c3ccccc32)C(=O)O)cc1. The Hall–Kier alpha value is -4.63. The molecular weight excluding hydrogens is 514 g/mol. The molecule has 0 saturated carbocycles. The molecule has 2 heterocycles. The molecule has 1 aliphatic rings. The first kappa shape index (κ1) is 24.7. The van der Waals surface area contributed by atoms with Crippen molar-refractivity contribution in [1.82, 2.24) is 14.7 Å². The summed E-state index contributed by atoms with van der Waals surface area (Å²) in [6.45, 7) is 0.102. The van der Waals surface area contributed by atoms with Gasteiger partial charge in [-0.25, -0.2) is 14.6 Å². The average molecular weight is 540 g/mol. The normalized spacial score (nSPS) is 13.1. The predicted octanol–water partition coefficient (Wildman–Crippen LogP) is 5.61. The van der Waals surface area contributed by atoms with E-state index < -0.39 is 18.1 Å². The molecule has 1 amide bonds. The zero-order valence-corrected chi connectivity index (χ0v) is 21.9. The van der Waals surface area contributed by atoms with Gasteiger partial charge in [-0.15, -0.1) is 11.3 Å². The number of aliphatic carboxylic acids is 1. The lowest BCUT2D eigenvalue weighted by Crippen LogP contribution is -2.43. The molecule has 39 heavy (non-hydrogen) atoms. The van der Waals surface area contributed by atoms with Crippen LogP contribution in [-0.4, -0.2) is 46.3 Å². The predicted molar refractivity (Wildman–Crippen MR) is 148 cm³/mol. The van der Waals surface area contributed by atoms with E-state index in [1.54, 1.807) is 7.11 Å². The van der Waals surface area contributed by atoms with Crippen molar-refractivity contribution in [2.24, 2.45) is 0 Å². The Balaban J connectivity index is 1.20. The van der Waals surface area contributed by atoms with E-state index in [0.29, 0.717) is 17.1 Å². The number of benzene rings is 3. The molecule has 0 aliphatic heterocycles. The number of rotatable bonds is 8. The fourth-order valence-electron chi connectivity index (χ4n) is 5.18. The molecule has 2 N–H and O–H groups in total. The number of nitrogens with zero attached hydrogens (tertiary/aromatic N) is 2. The van der Waals surface area contributed by atoms with Crippen molar-refractivity contribution in [3.63, 3.8) is 0 Å². The molecule has 5 aromatic rings. The van der Waals surface area contributed by atoms with Crippen molar-refractivity contribution in [1.29, 1.82) is 0 Å². The second kappa shape index (κ2) is 10.3. The Kier molecular flexibility index (Phi) is 6.50. The van der Waals surface area contributed by atoms with Gasteiger partial charge < -0.3 is 19.9 Å². The van der Waals surface area contributed by atoms with Crippen LogP contribution in [-0.2, 0) is 16.0 Å². The topological polar surface area (TPSA) is 102 Å². The molecule has 0 fully saturated rings. The number of aromatic nitrogens is 2. The highest BCUT2D eigenvalue weighted by atomic mass is 32.1. The van der Waals surface area contributed by atoms with Crippen LogP contribution in [0.2, 0.25) is 0 Å². The van der Waals surface area contributed by atoms with Gasteiger partial charge in [0, 0.05) is 29.5 Å². The number of hydrogen-bond acceptors (Lipinski definition) is 6. The van der Waals surface area contributed by atoms with Gasteiger partial charge in [0.2, 0.25) is 0 Å². The lowest BCUT2D eigenvalue weighted by molar-refractivity contribution is -0.139. The summed E-state index contributed by atoms with van der Waals surface area (Å²) in [6, 6.07) is 22.3. The van der Waals surface area contributed by atoms with E-state index >= 15 is 0 Å². The van der Waals surface area contributed by atoms with E-state index in [9.17, 15) is 14.7 Å². The lowest BCUT2D eigenvalue weighted by Gasteiger charge is -2.18. The van der Waals surface area contributed by atoms with Crippen molar-refractivity contribution in [3.05, 3.63) is 101 Å². The molecule has 9 heteroatoms. The summed E-state index contributed by atoms with van der Waals surface area (Å²) in [4.78, 5) is 30.6. The monoisotopic (exact) mass is 539 g/mol. The van der Waals surface area contributed by atoms with Gasteiger partial charge in [0.05, 0.1) is 18.5 Å². The second-order valence-corrected chi connectivity index (χ2v) is 10.1. The summed E-state index contributed by atoms with van der Waals surface area (Å²) in [7, 11) is 1.60. The molecule has 0 spiro atoms. The Labute approximate surface area is 228 Å². The van der Waals surface area contributed by atoms with Gasteiger partial charge in [0.15, 0.2) is 4.96 Å². The molecule has 1 atom stereocenters.